The summed E-state index contributed by atoms with van der Waals surface area (Å²) in [5, 5.41) is 2.97. The minimum absolute atomic E-state index is 0.0272. The number of para-hydroxylation sites is 1. The first-order valence-electron chi connectivity index (χ1n) is 10.1. The molecule has 0 radical (unpaired) electrons. The highest BCUT2D eigenvalue weighted by molar-refractivity contribution is 6.04. The van der Waals surface area contributed by atoms with Crippen LogP contribution in [0.5, 0.6) is 0 Å². The van der Waals surface area contributed by atoms with Gasteiger partial charge in [0.05, 0.1) is 11.6 Å². The zero-order valence-electron chi connectivity index (χ0n) is 17.5. The van der Waals surface area contributed by atoms with Crippen molar-refractivity contribution in [2.75, 3.05) is 16.8 Å². The molecule has 0 saturated carbocycles. The van der Waals surface area contributed by atoms with Crippen molar-refractivity contribution in [2.24, 2.45) is 5.92 Å². The Labute approximate surface area is 167 Å². The summed E-state index contributed by atoms with van der Waals surface area (Å²) in [7, 11) is 0. The molecule has 0 bridgehead atoms. The number of nitrogens with zero attached hydrogens (tertiary/aromatic N) is 1. The van der Waals surface area contributed by atoms with Crippen LogP contribution < -0.4 is 10.2 Å². The van der Waals surface area contributed by atoms with E-state index in [1.807, 2.05) is 36.1 Å². The molecule has 1 fully saturated rings. The van der Waals surface area contributed by atoms with Gasteiger partial charge in [-0.25, -0.2) is 0 Å². The Kier molecular flexibility index (Phi) is 5.87. The first kappa shape index (κ1) is 20.1. The molecule has 148 valence electrons. The Hall–Kier alpha value is -2.62. The topological polar surface area (TPSA) is 49.4 Å². The largest absolute Gasteiger partial charge is 0.326 e. The lowest BCUT2D eigenvalue weighted by Gasteiger charge is -2.27. The van der Waals surface area contributed by atoms with Gasteiger partial charge in [0.15, 0.2) is 0 Å². The van der Waals surface area contributed by atoms with E-state index in [0.717, 1.165) is 16.9 Å². The molecule has 0 aliphatic carbocycles. The highest BCUT2D eigenvalue weighted by Gasteiger charge is 2.37. The summed E-state index contributed by atoms with van der Waals surface area (Å²) in [5.74, 6) is 0.213. The van der Waals surface area contributed by atoms with Crippen LogP contribution in [0.3, 0.4) is 0 Å². The molecule has 4 heteroatoms. The van der Waals surface area contributed by atoms with Crippen LogP contribution in [0.4, 0.5) is 11.4 Å². The van der Waals surface area contributed by atoms with Gasteiger partial charge in [0, 0.05) is 18.7 Å². The lowest BCUT2D eigenvalue weighted by Crippen LogP contribution is -2.30. The average molecular weight is 379 g/mol. The quantitative estimate of drug-likeness (QED) is 0.774. The van der Waals surface area contributed by atoms with Gasteiger partial charge in [0.1, 0.15) is 0 Å². The van der Waals surface area contributed by atoms with Gasteiger partial charge < -0.3 is 10.2 Å². The number of benzene rings is 2. The first-order chi connectivity index (χ1) is 13.3. The Morgan fingerprint density at radius 1 is 1.04 bits per heavy atom. The van der Waals surface area contributed by atoms with Gasteiger partial charge in [0.2, 0.25) is 11.8 Å². The fourth-order valence-corrected chi connectivity index (χ4v) is 3.89. The van der Waals surface area contributed by atoms with Crippen LogP contribution in [0.15, 0.2) is 42.5 Å². The van der Waals surface area contributed by atoms with Crippen molar-refractivity contribution in [1.82, 2.24) is 0 Å². The Bertz CT molecular complexity index is 860. The van der Waals surface area contributed by atoms with Gasteiger partial charge in [-0.3, -0.25) is 9.59 Å². The zero-order valence-corrected chi connectivity index (χ0v) is 17.5. The summed E-state index contributed by atoms with van der Waals surface area (Å²) in [4.78, 5) is 27.5. The Balaban J connectivity index is 1.86. The summed E-state index contributed by atoms with van der Waals surface area (Å²) in [6, 6.07) is 14.0. The van der Waals surface area contributed by atoms with E-state index < -0.39 is 0 Å². The van der Waals surface area contributed by atoms with Gasteiger partial charge in [-0.15, -0.1) is 0 Å². The van der Waals surface area contributed by atoms with Crippen LogP contribution in [0.1, 0.15) is 62.6 Å². The summed E-state index contributed by atoms with van der Waals surface area (Å²) in [6.07, 6.45) is 0.252. The average Bonchev–Trinajstić information content (AvgIpc) is 3.02. The van der Waals surface area contributed by atoms with E-state index in [4.69, 9.17) is 0 Å². The molecule has 3 rings (SSSR count). The summed E-state index contributed by atoms with van der Waals surface area (Å²) >= 11 is 0. The van der Waals surface area contributed by atoms with Gasteiger partial charge >= 0.3 is 0 Å². The third-order valence-corrected chi connectivity index (χ3v) is 5.39. The van der Waals surface area contributed by atoms with Crippen molar-refractivity contribution in [3.05, 3.63) is 59.2 Å². The number of carbonyl (C=O) groups excluding carboxylic acids is 2. The maximum Gasteiger partial charge on any atom is 0.229 e. The fraction of sp³-hybridized carbons (Fsp3) is 0.417. The van der Waals surface area contributed by atoms with Crippen molar-refractivity contribution in [2.45, 2.75) is 52.9 Å². The standard InChI is InChI=1S/C24H30N2O2/c1-15(2)20-10-7-11-21(16(3)4)23(20)26-14-18(13-22(26)27)24(28)25-19-9-6-8-17(5)12-19/h6-12,15-16,18H,13-14H2,1-5H3,(H,25,28). The smallest absolute Gasteiger partial charge is 0.229 e. The van der Waals surface area contributed by atoms with Gasteiger partial charge in [0.25, 0.3) is 0 Å². The van der Waals surface area contributed by atoms with Crippen LogP contribution in [-0.4, -0.2) is 18.4 Å². The van der Waals surface area contributed by atoms with E-state index in [0.29, 0.717) is 18.4 Å². The monoisotopic (exact) mass is 378 g/mol. The number of nitrogens with one attached hydrogen (secondary N) is 1. The molecule has 1 atom stereocenters. The summed E-state index contributed by atoms with van der Waals surface area (Å²) in [5.41, 5.74) is 5.21. The van der Waals surface area contributed by atoms with E-state index in [9.17, 15) is 9.59 Å². The third kappa shape index (κ3) is 4.11. The molecule has 0 aromatic heterocycles. The molecule has 1 saturated heterocycles. The Morgan fingerprint density at radius 2 is 1.64 bits per heavy atom. The molecule has 1 N–H and O–H groups in total. The van der Waals surface area contributed by atoms with Crippen molar-refractivity contribution in [3.63, 3.8) is 0 Å². The summed E-state index contributed by atoms with van der Waals surface area (Å²) < 4.78 is 0. The van der Waals surface area contributed by atoms with Crippen LogP contribution >= 0.6 is 0 Å². The number of amides is 2. The van der Waals surface area contributed by atoms with Crippen LogP contribution in [-0.2, 0) is 9.59 Å². The second kappa shape index (κ2) is 8.17. The van der Waals surface area contributed by atoms with E-state index in [1.54, 1.807) is 0 Å². The number of hydrogen-bond donors (Lipinski definition) is 1. The summed E-state index contributed by atoms with van der Waals surface area (Å²) in [6.45, 7) is 11.0. The highest BCUT2D eigenvalue weighted by atomic mass is 16.2. The molecule has 1 aliphatic heterocycles. The maximum atomic E-state index is 12.9. The predicted octanol–water partition coefficient (Wildman–Crippen LogP) is 5.23. The molecular weight excluding hydrogens is 348 g/mol. The molecular formula is C24H30N2O2. The van der Waals surface area contributed by atoms with Crippen LogP contribution in [0.2, 0.25) is 0 Å². The fourth-order valence-electron chi connectivity index (χ4n) is 3.89. The number of anilines is 2. The van der Waals surface area contributed by atoms with E-state index in [-0.39, 0.29) is 24.2 Å². The van der Waals surface area contributed by atoms with E-state index in [2.05, 4.69) is 51.2 Å². The maximum absolute atomic E-state index is 12.9. The molecule has 2 amide bonds. The van der Waals surface area contributed by atoms with Gasteiger partial charge in [-0.1, -0.05) is 58.0 Å². The molecule has 2 aromatic carbocycles. The second-order valence-electron chi connectivity index (χ2n) is 8.36. The van der Waals surface area contributed by atoms with Crippen LogP contribution in [0, 0.1) is 12.8 Å². The minimum atomic E-state index is -0.340. The normalized spacial score (nSPS) is 16.9. The second-order valence-corrected chi connectivity index (χ2v) is 8.36. The van der Waals surface area contributed by atoms with Crippen molar-refractivity contribution >= 4 is 23.2 Å². The van der Waals surface area contributed by atoms with Crippen molar-refractivity contribution in [1.29, 1.82) is 0 Å². The lowest BCUT2D eigenvalue weighted by molar-refractivity contribution is -0.122. The molecule has 1 unspecified atom stereocenters. The Morgan fingerprint density at radius 3 is 2.21 bits per heavy atom. The third-order valence-electron chi connectivity index (χ3n) is 5.39. The number of carbonyl (C=O) groups is 2. The van der Waals surface area contributed by atoms with E-state index in [1.165, 1.54) is 11.1 Å². The van der Waals surface area contributed by atoms with Gasteiger partial charge in [-0.05, 0) is 47.6 Å². The van der Waals surface area contributed by atoms with Crippen LogP contribution in [0.25, 0.3) is 0 Å². The molecule has 0 spiro atoms. The number of aryl methyl sites for hydroxylation is 1. The molecule has 4 nitrogen and oxygen atoms in total. The number of rotatable bonds is 5. The molecule has 1 heterocycles. The van der Waals surface area contributed by atoms with Crippen molar-refractivity contribution < 1.29 is 9.59 Å². The molecule has 1 aliphatic rings. The van der Waals surface area contributed by atoms with Crippen molar-refractivity contribution in [3.8, 4) is 0 Å². The lowest BCUT2D eigenvalue weighted by atomic mass is 9.92. The number of hydrogen-bond acceptors (Lipinski definition) is 2. The van der Waals surface area contributed by atoms with Gasteiger partial charge in [-0.2, -0.15) is 0 Å². The first-order valence-corrected chi connectivity index (χ1v) is 10.1. The minimum Gasteiger partial charge on any atom is -0.326 e. The highest BCUT2D eigenvalue weighted by Crippen LogP contribution is 2.38. The SMILES string of the molecule is Cc1cccc(NC(=O)C2CC(=O)N(c3c(C(C)C)cccc3C(C)C)C2)c1. The molecule has 2 aromatic rings. The predicted molar refractivity (Wildman–Crippen MR) is 115 cm³/mol. The zero-order chi connectivity index (χ0) is 20.4. The van der Waals surface area contributed by atoms with E-state index >= 15 is 0 Å². The molecule has 28 heavy (non-hydrogen) atoms.